The van der Waals surface area contributed by atoms with Crippen LogP contribution in [0.2, 0.25) is 5.02 Å². The summed E-state index contributed by atoms with van der Waals surface area (Å²) < 4.78 is 13.6. The van der Waals surface area contributed by atoms with Gasteiger partial charge >= 0.3 is 6.03 Å². The quantitative estimate of drug-likeness (QED) is 0.419. The molecule has 0 unspecified atom stereocenters. The van der Waals surface area contributed by atoms with E-state index in [-0.39, 0.29) is 11.4 Å². The van der Waals surface area contributed by atoms with E-state index in [2.05, 4.69) is 5.32 Å². The SMILES string of the molecule is Cc1ccc(C)c(N2C(=O)NC(=O)/C(=C\c3cc(Cl)ccc3Cc3cccc(F)c3)C2=O)c1. The Morgan fingerprint density at radius 3 is 2.55 bits per heavy atom. The molecule has 0 aromatic heterocycles. The Hall–Kier alpha value is -3.77. The van der Waals surface area contributed by atoms with Crippen molar-refractivity contribution in [2.45, 2.75) is 20.3 Å². The number of aryl methyl sites for hydroxylation is 2. The molecule has 1 aliphatic rings. The van der Waals surface area contributed by atoms with Crippen LogP contribution in [0.5, 0.6) is 0 Å². The number of anilines is 1. The Bertz CT molecular complexity index is 1330. The third-order valence-electron chi connectivity index (χ3n) is 5.40. The van der Waals surface area contributed by atoms with Crippen LogP contribution < -0.4 is 10.2 Å². The lowest BCUT2D eigenvalue weighted by atomic mass is 9.97. The minimum atomic E-state index is -0.804. The smallest absolute Gasteiger partial charge is 0.273 e. The van der Waals surface area contributed by atoms with Crippen molar-refractivity contribution in [1.29, 1.82) is 0 Å². The molecule has 0 atom stereocenters. The number of hydrogen-bond donors (Lipinski definition) is 1. The number of barbiturate groups is 1. The minimum absolute atomic E-state index is 0.196. The van der Waals surface area contributed by atoms with Gasteiger partial charge in [0.05, 0.1) is 5.69 Å². The molecular weight excluding hydrogens is 443 g/mol. The second kappa shape index (κ2) is 9.00. The van der Waals surface area contributed by atoms with Crippen LogP contribution in [0.25, 0.3) is 6.08 Å². The van der Waals surface area contributed by atoms with E-state index in [1.165, 1.54) is 18.2 Å². The van der Waals surface area contributed by atoms with E-state index in [0.717, 1.165) is 21.6 Å². The predicted molar refractivity (Wildman–Crippen MR) is 126 cm³/mol. The van der Waals surface area contributed by atoms with Crippen LogP contribution in [0.4, 0.5) is 14.9 Å². The Morgan fingerprint density at radius 1 is 1.00 bits per heavy atom. The van der Waals surface area contributed by atoms with Gasteiger partial charge in [0, 0.05) is 5.02 Å². The lowest BCUT2D eigenvalue weighted by Crippen LogP contribution is -2.54. The summed E-state index contributed by atoms with van der Waals surface area (Å²) in [5.41, 5.74) is 3.79. The molecule has 7 heteroatoms. The van der Waals surface area contributed by atoms with Crippen molar-refractivity contribution in [2.75, 3.05) is 4.90 Å². The third kappa shape index (κ3) is 4.71. The van der Waals surface area contributed by atoms with Crippen molar-refractivity contribution in [2.24, 2.45) is 0 Å². The zero-order valence-electron chi connectivity index (χ0n) is 18.0. The number of carbonyl (C=O) groups is 3. The number of urea groups is 1. The van der Waals surface area contributed by atoms with Crippen molar-refractivity contribution >= 4 is 41.2 Å². The number of halogens is 2. The molecule has 0 radical (unpaired) electrons. The lowest BCUT2D eigenvalue weighted by Gasteiger charge is -2.28. The predicted octanol–water partition coefficient (Wildman–Crippen LogP) is 5.35. The largest absolute Gasteiger partial charge is 0.335 e. The molecule has 4 rings (SSSR count). The Morgan fingerprint density at radius 2 is 1.79 bits per heavy atom. The molecule has 1 fully saturated rings. The zero-order chi connectivity index (χ0) is 23.7. The summed E-state index contributed by atoms with van der Waals surface area (Å²) in [6, 6.07) is 15.9. The van der Waals surface area contributed by atoms with Crippen molar-refractivity contribution in [3.63, 3.8) is 0 Å². The van der Waals surface area contributed by atoms with Gasteiger partial charge < -0.3 is 0 Å². The Kier molecular flexibility index (Phi) is 6.11. The average Bonchev–Trinajstić information content (AvgIpc) is 2.75. The average molecular weight is 463 g/mol. The molecule has 0 saturated carbocycles. The highest BCUT2D eigenvalue weighted by Crippen LogP contribution is 2.28. The summed E-state index contributed by atoms with van der Waals surface area (Å²) in [5, 5.41) is 2.66. The van der Waals surface area contributed by atoms with E-state index >= 15 is 0 Å². The van der Waals surface area contributed by atoms with Gasteiger partial charge in [-0.1, -0.05) is 41.9 Å². The van der Waals surface area contributed by atoms with E-state index in [1.54, 1.807) is 49.4 Å². The van der Waals surface area contributed by atoms with E-state index in [0.29, 0.717) is 28.3 Å². The first-order valence-electron chi connectivity index (χ1n) is 10.2. The van der Waals surface area contributed by atoms with Crippen LogP contribution in [0.3, 0.4) is 0 Å². The highest BCUT2D eigenvalue weighted by Gasteiger charge is 2.37. The normalized spacial score (nSPS) is 15.2. The molecule has 1 saturated heterocycles. The van der Waals surface area contributed by atoms with E-state index in [4.69, 9.17) is 11.6 Å². The maximum atomic E-state index is 13.6. The first-order chi connectivity index (χ1) is 15.7. The molecule has 1 N–H and O–H groups in total. The van der Waals surface area contributed by atoms with Crippen LogP contribution in [0, 0.1) is 19.7 Å². The number of hydrogen-bond acceptors (Lipinski definition) is 3. The van der Waals surface area contributed by atoms with Gasteiger partial charge in [-0.15, -0.1) is 0 Å². The molecule has 5 nitrogen and oxygen atoms in total. The monoisotopic (exact) mass is 462 g/mol. The Balaban J connectivity index is 1.77. The zero-order valence-corrected chi connectivity index (χ0v) is 18.7. The molecular formula is C26H20ClFN2O3. The van der Waals surface area contributed by atoms with Crippen LogP contribution in [-0.2, 0) is 16.0 Å². The van der Waals surface area contributed by atoms with Gasteiger partial charge in [-0.2, -0.15) is 0 Å². The second-order valence-corrected chi connectivity index (χ2v) is 8.33. The molecule has 3 aromatic rings. The van der Waals surface area contributed by atoms with E-state index in [9.17, 15) is 18.8 Å². The number of imide groups is 2. The maximum Gasteiger partial charge on any atom is 0.335 e. The number of carbonyl (C=O) groups excluding carboxylic acids is 3. The number of rotatable bonds is 4. The molecule has 4 amide bonds. The molecule has 0 aliphatic carbocycles. The summed E-state index contributed by atoms with van der Waals surface area (Å²) in [6.45, 7) is 3.63. The maximum absolute atomic E-state index is 13.6. The standard InChI is InChI=1S/C26H20ClFN2O3/c1-15-6-7-16(2)23(10-15)30-25(32)22(24(31)29-26(30)33)14-19-13-20(27)9-8-18(19)11-17-4-3-5-21(28)12-17/h3-10,12-14H,11H2,1-2H3,(H,29,31,33)/b22-14+. The minimum Gasteiger partial charge on any atom is -0.273 e. The molecule has 1 heterocycles. The van der Waals surface area contributed by atoms with Crippen LogP contribution in [0.15, 0.2) is 66.2 Å². The molecule has 0 bridgehead atoms. The van der Waals surface area contributed by atoms with Crippen molar-refractivity contribution in [3.05, 3.63) is 105 Å². The molecule has 0 spiro atoms. The molecule has 33 heavy (non-hydrogen) atoms. The summed E-state index contributed by atoms with van der Waals surface area (Å²) in [6.07, 6.45) is 1.78. The number of benzene rings is 3. The first kappa shape index (κ1) is 22.4. The second-order valence-electron chi connectivity index (χ2n) is 7.90. The van der Waals surface area contributed by atoms with Crippen LogP contribution in [0.1, 0.15) is 27.8 Å². The fourth-order valence-electron chi connectivity index (χ4n) is 3.72. The number of nitrogens with one attached hydrogen (secondary N) is 1. The highest BCUT2D eigenvalue weighted by molar-refractivity contribution is 6.39. The van der Waals surface area contributed by atoms with Gasteiger partial charge in [-0.3, -0.25) is 14.9 Å². The fourth-order valence-corrected chi connectivity index (χ4v) is 3.90. The van der Waals surface area contributed by atoms with Gasteiger partial charge in [0.2, 0.25) is 0 Å². The summed E-state index contributed by atoms with van der Waals surface area (Å²) in [7, 11) is 0. The molecule has 1 aliphatic heterocycles. The highest BCUT2D eigenvalue weighted by atomic mass is 35.5. The molecule has 3 aromatic carbocycles. The van der Waals surface area contributed by atoms with Crippen molar-refractivity contribution in [1.82, 2.24) is 5.32 Å². The summed E-state index contributed by atoms with van der Waals surface area (Å²) >= 11 is 6.18. The Labute approximate surface area is 195 Å². The number of nitrogens with zero attached hydrogens (tertiary/aromatic N) is 1. The lowest BCUT2D eigenvalue weighted by molar-refractivity contribution is -0.122. The van der Waals surface area contributed by atoms with Gasteiger partial charge in [-0.25, -0.2) is 14.1 Å². The summed E-state index contributed by atoms with van der Waals surface area (Å²) in [4.78, 5) is 39.4. The van der Waals surface area contributed by atoms with Gasteiger partial charge in [-0.05, 0) is 84.5 Å². The van der Waals surface area contributed by atoms with Crippen molar-refractivity contribution in [3.8, 4) is 0 Å². The summed E-state index contributed by atoms with van der Waals surface area (Å²) in [5.74, 6) is -1.87. The van der Waals surface area contributed by atoms with Gasteiger partial charge in [0.25, 0.3) is 11.8 Å². The van der Waals surface area contributed by atoms with Crippen molar-refractivity contribution < 1.29 is 18.8 Å². The van der Waals surface area contributed by atoms with Gasteiger partial charge in [0.15, 0.2) is 0 Å². The first-order valence-corrected chi connectivity index (χ1v) is 10.6. The van der Waals surface area contributed by atoms with Gasteiger partial charge in [0.1, 0.15) is 11.4 Å². The number of amides is 4. The topological polar surface area (TPSA) is 66.5 Å². The third-order valence-corrected chi connectivity index (χ3v) is 5.63. The van der Waals surface area contributed by atoms with E-state index < -0.39 is 17.8 Å². The van der Waals surface area contributed by atoms with Crippen LogP contribution >= 0.6 is 11.6 Å². The molecule has 166 valence electrons. The van der Waals surface area contributed by atoms with Crippen LogP contribution in [-0.4, -0.2) is 17.8 Å². The van der Waals surface area contributed by atoms with E-state index in [1.807, 2.05) is 13.0 Å². The fraction of sp³-hybridized carbons (Fsp3) is 0.115.